The number of benzene rings is 2. The molecule has 0 aromatic heterocycles. The number of para-hydroxylation sites is 1. The predicted molar refractivity (Wildman–Crippen MR) is 95.9 cm³/mol. The number of carbonyl (C=O) groups is 1. The van der Waals surface area contributed by atoms with Gasteiger partial charge in [0.2, 0.25) is 0 Å². The van der Waals surface area contributed by atoms with E-state index < -0.39 is 21.7 Å². The lowest BCUT2D eigenvalue weighted by atomic mass is 10.1. The third kappa shape index (κ3) is 4.70. The zero-order valence-corrected chi connectivity index (χ0v) is 15.3. The summed E-state index contributed by atoms with van der Waals surface area (Å²) < 4.78 is 40.5. The van der Waals surface area contributed by atoms with Gasteiger partial charge in [0.05, 0.1) is 16.3 Å². The Morgan fingerprint density at radius 1 is 1.24 bits per heavy atom. The number of halogens is 2. The largest absolute Gasteiger partial charge is 0.350 e. The van der Waals surface area contributed by atoms with Gasteiger partial charge in [-0.25, -0.2) is 12.8 Å². The van der Waals surface area contributed by atoms with E-state index in [-0.39, 0.29) is 27.2 Å². The van der Waals surface area contributed by atoms with Crippen LogP contribution in [-0.4, -0.2) is 20.4 Å². The maximum Gasteiger partial charge on any atom is 0.263 e. The number of rotatable bonds is 6. The number of hydrogen-bond acceptors (Lipinski definition) is 3. The molecule has 2 N–H and O–H groups in total. The predicted octanol–water partition coefficient (Wildman–Crippen LogP) is 3.81. The summed E-state index contributed by atoms with van der Waals surface area (Å²) in [5, 5.41) is 2.54. The third-order valence-corrected chi connectivity index (χ3v) is 5.44. The van der Waals surface area contributed by atoms with E-state index in [4.69, 9.17) is 11.6 Å². The van der Waals surface area contributed by atoms with E-state index in [1.807, 2.05) is 13.8 Å². The second kappa shape index (κ2) is 7.84. The lowest BCUT2D eigenvalue weighted by molar-refractivity contribution is 0.0940. The maximum absolute atomic E-state index is 13.1. The molecule has 134 valence electrons. The second-order valence-corrected chi connectivity index (χ2v) is 7.57. The van der Waals surface area contributed by atoms with Gasteiger partial charge in [0.15, 0.2) is 0 Å². The molecule has 0 saturated carbocycles. The molecule has 0 spiro atoms. The van der Waals surface area contributed by atoms with Crippen LogP contribution in [0.2, 0.25) is 5.02 Å². The van der Waals surface area contributed by atoms with E-state index >= 15 is 0 Å². The van der Waals surface area contributed by atoms with Crippen LogP contribution >= 0.6 is 11.6 Å². The monoisotopic (exact) mass is 384 g/mol. The van der Waals surface area contributed by atoms with Gasteiger partial charge in [-0.3, -0.25) is 9.52 Å². The Morgan fingerprint density at radius 2 is 1.92 bits per heavy atom. The molecular formula is C17H18ClFN2O3S. The van der Waals surface area contributed by atoms with Gasteiger partial charge in [0, 0.05) is 6.04 Å². The molecule has 0 radical (unpaired) electrons. The Bertz CT molecular complexity index is 887. The van der Waals surface area contributed by atoms with Crippen LogP contribution in [-0.2, 0) is 10.0 Å². The minimum Gasteiger partial charge on any atom is -0.350 e. The van der Waals surface area contributed by atoms with Crippen LogP contribution in [0.1, 0.15) is 30.6 Å². The fourth-order valence-electron chi connectivity index (χ4n) is 2.07. The smallest absolute Gasteiger partial charge is 0.263 e. The maximum atomic E-state index is 13.1. The molecular weight excluding hydrogens is 367 g/mol. The standard InChI is InChI=1S/C17H18ClFN2O3S/c1-3-11(2)20-17(22)13-6-4-5-7-15(13)21-25(23,24)16-9-8-12(19)10-14(16)18/h4-11,21H,3H2,1-2H3,(H,20,22)/t11-/m1/s1. The van der Waals surface area contributed by atoms with Gasteiger partial charge in [0.25, 0.3) is 15.9 Å². The van der Waals surface area contributed by atoms with Crippen molar-refractivity contribution in [1.82, 2.24) is 5.32 Å². The van der Waals surface area contributed by atoms with Crippen molar-refractivity contribution in [3.05, 3.63) is 58.9 Å². The highest BCUT2D eigenvalue weighted by molar-refractivity contribution is 7.92. The van der Waals surface area contributed by atoms with Crippen LogP contribution in [0.5, 0.6) is 0 Å². The minimum absolute atomic E-state index is 0.0521. The first-order valence-corrected chi connectivity index (χ1v) is 9.48. The molecule has 0 unspecified atom stereocenters. The van der Waals surface area contributed by atoms with E-state index in [2.05, 4.69) is 10.0 Å². The second-order valence-electron chi connectivity index (χ2n) is 5.51. The number of nitrogens with one attached hydrogen (secondary N) is 2. The minimum atomic E-state index is -4.08. The molecule has 8 heteroatoms. The normalized spacial score (nSPS) is 12.5. The van der Waals surface area contributed by atoms with Gasteiger partial charge < -0.3 is 5.32 Å². The Kier molecular flexibility index (Phi) is 6.02. The van der Waals surface area contributed by atoms with Gasteiger partial charge in [-0.2, -0.15) is 0 Å². The highest BCUT2D eigenvalue weighted by Gasteiger charge is 2.21. The molecule has 2 rings (SSSR count). The van der Waals surface area contributed by atoms with E-state index in [0.717, 1.165) is 24.6 Å². The molecule has 0 heterocycles. The van der Waals surface area contributed by atoms with Gasteiger partial charge >= 0.3 is 0 Å². The van der Waals surface area contributed by atoms with Crippen molar-refractivity contribution in [2.75, 3.05) is 4.72 Å². The van der Waals surface area contributed by atoms with Crippen molar-refractivity contribution in [2.45, 2.75) is 31.2 Å². The Morgan fingerprint density at radius 3 is 2.56 bits per heavy atom. The molecule has 0 fully saturated rings. The summed E-state index contributed by atoms with van der Waals surface area (Å²) >= 11 is 5.83. The summed E-state index contributed by atoms with van der Waals surface area (Å²) in [7, 11) is -4.08. The van der Waals surface area contributed by atoms with Crippen molar-refractivity contribution >= 4 is 33.2 Å². The molecule has 2 aromatic rings. The van der Waals surface area contributed by atoms with E-state index in [1.165, 1.54) is 12.1 Å². The first kappa shape index (κ1) is 19.2. The van der Waals surface area contributed by atoms with Gasteiger partial charge in [-0.05, 0) is 43.7 Å². The summed E-state index contributed by atoms with van der Waals surface area (Å²) in [6.45, 7) is 3.78. The van der Waals surface area contributed by atoms with Crippen LogP contribution in [0.3, 0.4) is 0 Å². The molecule has 0 aliphatic carbocycles. The van der Waals surface area contributed by atoms with Crippen molar-refractivity contribution in [3.8, 4) is 0 Å². The van der Waals surface area contributed by atoms with Crippen molar-refractivity contribution in [3.63, 3.8) is 0 Å². The summed E-state index contributed by atoms with van der Waals surface area (Å²) in [5.41, 5.74) is 0.299. The highest BCUT2D eigenvalue weighted by Crippen LogP contribution is 2.26. The molecule has 1 atom stereocenters. The van der Waals surface area contributed by atoms with E-state index in [9.17, 15) is 17.6 Å². The summed E-state index contributed by atoms with van der Waals surface area (Å²) in [6, 6.07) is 9.16. The van der Waals surface area contributed by atoms with Gasteiger partial charge in [-0.1, -0.05) is 30.7 Å². The molecule has 0 bridgehead atoms. The first-order chi connectivity index (χ1) is 11.7. The molecule has 0 aliphatic rings. The third-order valence-electron chi connectivity index (χ3n) is 3.59. The van der Waals surface area contributed by atoms with E-state index in [1.54, 1.807) is 12.1 Å². The van der Waals surface area contributed by atoms with E-state index in [0.29, 0.717) is 0 Å². The number of hydrogen-bond donors (Lipinski definition) is 2. The first-order valence-electron chi connectivity index (χ1n) is 7.62. The Labute approximate surface area is 151 Å². The zero-order chi connectivity index (χ0) is 18.6. The average molecular weight is 385 g/mol. The number of amides is 1. The quantitative estimate of drug-likeness (QED) is 0.795. The summed E-state index contributed by atoms with van der Waals surface area (Å²) in [5.74, 6) is -1.03. The molecule has 0 saturated heterocycles. The Balaban J connectivity index is 2.35. The average Bonchev–Trinajstić information content (AvgIpc) is 2.54. The zero-order valence-electron chi connectivity index (χ0n) is 13.7. The molecule has 5 nitrogen and oxygen atoms in total. The van der Waals surface area contributed by atoms with Crippen molar-refractivity contribution in [1.29, 1.82) is 0 Å². The lowest BCUT2D eigenvalue weighted by Gasteiger charge is -2.15. The molecule has 2 aromatic carbocycles. The topological polar surface area (TPSA) is 75.3 Å². The van der Waals surface area contributed by atoms with Crippen LogP contribution < -0.4 is 10.0 Å². The van der Waals surface area contributed by atoms with Crippen molar-refractivity contribution < 1.29 is 17.6 Å². The summed E-state index contributed by atoms with van der Waals surface area (Å²) in [4.78, 5) is 12.1. The van der Waals surface area contributed by atoms with Crippen LogP contribution in [0.15, 0.2) is 47.4 Å². The number of sulfonamides is 1. The fourth-order valence-corrected chi connectivity index (χ4v) is 3.68. The SMILES string of the molecule is CC[C@@H](C)NC(=O)c1ccccc1NS(=O)(=O)c1ccc(F)cc1Cl. The number of carbonyl (C=O) groups excluding carboxylic acids is 1. The lowest BCUT2D eigenvalue weighted by Crippen LogP contribution is -2.32. The van der Waals surface area contributed by atoms with Gasteiger partial charge in [-0.15, -0.1) is 0 Å². The molecule has 25 heavy (non-hydrogen) atoms. The van der Waals surface area contributed by atoms with Gasteiger partial charge in [0.1, 0.15) is 10.7 Å². The van der Waals surface area contributed by atoms with Crippen LogP contribution in [0.4, 0.5) is 10.1 Å². The van der Waals surface area contributed by atoms with Crippen LogP contribution in [0.25, 0.3) is 0 Å². The molecule has 0 aliphatic heterocycles. The summed E-state index contributed by atoms with van der Waals surface area (Å²) in [6.07, 6.45) is 0.741. The number of anilines is 1. The highest BCUT2D eigenvalue weighted by atomic mass is 35.5. The fraction of sp³-hybridized carbons (Fsp3) is 0.235. The van der Waals surface area contributed by atoms with Crippen LogP contribution in [0, 0.1) is 5.82 Å². The van der Waals surface area contributed by atoms with Crippen molar-refractivity contribution in [2.24, 2.45) is 0 Å². The molecule has 1 amide bonds. The Hall–Kier alpha value is -2.12.